The summed E-state index contributed by atoms with van der Waals surface area (Å²) in [5.41, 5.74) is 1.21. The number of aliphatic hydroxyl groups is 1. The zero-order valence-corrected chi connectivity index (χ0v) is 12.4. The second kappa shape index (κ2) is 4.76. The summed E-state index contributed by atoms with van der Waals surface area (Å²) in [6.45, 7) is 6.57. The van der Waals surface area contributed by atoms with Gasteiger partial charge in [0.05, 0.1) is 22.0 Å². The van der Waals surface area contributed by atoms with Crippen LogP contribution in [0.4, 0.5) is 0 Å². The van der Waals surface area contributed by atoms with Crippen molar-refractivity contribution in [3.63, 3.8) is 0 Å². The van der Waals surface area contributed by atoms with Crippen molar-refractivity contribution in [1.82, 2.24) is 14.7 Å². The molecule has 106 valence electrons. The van der Waals surface area contributed by atoms with Crippen LogP contribution >= 0.6 is 11.6 Å². The zero-order valence-electron chi connectivity index (χ0n) is 11.7. The molecule has 1 aliphatic heterocycles. The predicted octanol–water partition coefficient (Wildman–Crippen LogP) is 2.01. The Morgan fingerprint density at radius 2 is 2.21 bits per heavy atom. The van der Waals surface area contributed by atoms with Gasteiger partial charge < -0.3 is 5.11 Å². The highest BCUT2D eigenvalue weighted by atomic mass is 35.5. The van der Waals surface area contributed by atoms with E-state index >= 15 is 0 Å². The summed E-state index contributed by atoms with van der Waals surface area (Å²) < 4.78 is 1.93. The van der Waals surface area contributed by atoms with Crippen molar-refractivity contribution in [2.75, 3.05) is 13.1 Å². The molecule has 1 saturated heterocycles. The quantitative estimate of drug-likeness (QED) is 0.919. The summed E-state index contributed by atoms with van der Waals surface area (Å²) in [6, 6.07) is 0.724. The maximum atomic E-state index is 10.8. The Morgan fingerprint density at radius 3 is 2.84 bits per heavy atom. The van der Waals surface area contributed by atoms with Crippen LogP contribution in [0.25, 0.3) is 0 Å². The molecule has 1 N–H and O–H groups in total. The molecule has 0 amide bonds. The second-order valence-electron chi connectivity index (χ2n) is 6.01. The molecule has 2 fully saturated rings. The third-order valence-electron chi connectivity index (χ3n) is 4.37. The van der Waals surface area contributed by atoms with Gasteiger partial charge in [0.15, 0.2) is 0 Å². The number of aromatic nitrogens is 2. The second-order valence-corrected chi connectivity index (χ2v) is 6.39. The minimum Gasteiger partial charge on any atom is -0.388 e. The van der Waals surface area contributed by atoms with E-state index in [2.05, 4.69) is 16.9 Å². The van der Waals surface area contributed by atoms with E-state index in [0.29, 0.717) is 6.42 Å². The van der Waals surface area contributed by atoms with E-state index in [-0.39, 0.29) is 0 Å². The number of hydrogen-bond donors (Lipinski definition) is 1. The van der Waals surface area contributed by atoms with Gasteiger partial charge in [0.1, 0.15) is 0 Å². The molecule has 5 heteroatoms. The predicted molar refractivity (Wildman–Crippen MR) is 75.5 cm³/mol. The smallest absolute Gasteiger partial charge is 0.0848 e. The number of aryl methyl sites for hydroxylation is 2. The van der Waals surface area contributed by atoms with Crippen molar-refractivity contribution in [3.05, 3.63) is 16.4 Å². The van der Waals surface area contributed by atoms with Crippen molar-refractivity contribution < 1.29 is 5.11 Å². The van der Waals surface area contributed by atoms with Crippen LogP contribution in [0.3, 0.4) is 0 Å². The van der Waals surface area contributed by atoms with E-state index in [1.165, 1.54) is 12.8 Å². The standard InChI is InChI=1S/C14H22ClN3O/c1-3-18-12(13(15)10(2)16-18)8-14(19)6-7-17(9-14)11-4-5-11/h11,19H,3-9H2,1-2H3. The van der Waals surface area contributed by atoms with Gasteiger partial charge >= 0.3 is 0 Å². The lowest BCUT2D eigenvalue weighted by atomic mass is 9.96. The Kier molecular flexibility index (Phi) is 3.36. The summed E-state index contributed by atoms with van der Waals surface area (Å²) in [5, 5.41) is 16.0. The maximum Gasteiger partial charge on any atom is 0.0848 e. The lowest BCUT2D eigenvalue weighted by Gasteiger charge is -2.24. The van der Waals surface area contributed by atoms with Crippen molar-refractivity contribution >= 4 is 11.6 Å². The molecule has 0 bridgehead atoms. The van der Waals surface area contributed by atoms with Gasteiger partial charge in [-0.25, -0.2) is 0 Å². The van der Waals surface area contributed by atoms with Gasteiger partial charge in [-0.15, -0.1) is 0 Å². The summed E-state index contributed by atoms with van der Waals surface area (Å²) in [4.78, 5) is 2.42. The molecule has 1 atom stereocenters. The van der Waals surface area contributed by atoms with Crippen molar-refractivity contribution in [1.29, 1.82) is 0 Å². The molecule has 1 unspecified atom stereocenters. The first kappa shape index (κ1) is 13.4. The van der Waals surface area contributed by atoms with E-state index in [4.69, 9.17) is 11.6 Å². The van der Waals surface area contributed by atoms with Crippen molar-refractivity contribution in [2.45, 2.75) is 57.7 Å². The molecule has 2 aliphatic rings. The first-order valence-electron chi connectivity index (χ1n) is 7.20. The third-order valence-corrected chi connectivity index (χ3v) is 4.87. The molecule has 2 heterocycles. The molecule has 19 heavy (non-hydrogen) atoms. The van der Waals surface area contributed by atoms with Gasteiger partial charge in [-0.2, -0.15) is 5.10 Å². The Bertz CT molecular complexity index is 483. The molecule has 1 aromatic heterocycles. The topological polar surface area (TPSA) is 41.3 Å². The normalized spacial score (nSPS) is 28.2. The Labute approximate surface area is 119 Å². The summed E-state index contributed by atoms with van der Waals surface area (Å²) in [5.74, 6) is 0. The molecule has 0 radical (unpaired) electrons. The number of halogens is 1. The fourth-order valence-corrected chi connectivity index (χ4v) is 3.34. The first-order valence-corrected chi connectivity index (χ1v) is 7.58. The van der Waals surface area contributed by atoms with Gasteiger partial charge in [0.2, 0.25) is 0 Å². The highest BCUT2D eigenvalue weighted by Gasteiger charge is 2.42. The van der Waals surface area contributed by atoms with Crippen LogP contribution in [0.5, 0.6) is 0 Å². The minimum atomic E-state index is -0.633. The van der Waals surface area contributed by atoms with Gasteiger partial charge in [-0.05, 0) is 33.1 Å². The summed E-state index contributed by atoms with van der Waals surface area (Å²) in [7, 11) is 0. The van der Waals surface area contributed by atoms with Crippen LogP contribution in [-0.2, 0) is 13.0 Å². The van der Waals surface area contributed by atoms with Gasteiger partial charge in [-0.3, -0.25) is 9.58 Å². The average molecular weight is 284 g/mol. The number of rotatable bonds is 4. The lowest BCUT2D eigenvalue weighted by Crippen LogP contribution is -2.36. The van der Waals surface area contributed by atoms with Crippen molar-refractivity contribution in [3.8, 4) is 0 Å². The van der Waals surface area contributed by atoms with Gasteiger partial charge in [-0.1, -0.05) is 11.6 Å². The van der Waals surface area contributed by atoms with Crippen molar-refractivity contribution in [2.24, 2.45) is 0 Å². The fourth-order valence-electron chi connectivity index (χ4n) is 3.13. The summed E-state index contributed by atoms with van der Waals surface area (Å²) >= 11 is 6.34. The monoisotopic (exact) mass is 283 g/mol. The molecule has 1 aliphatic carbocycles. The van der Waals surface area contributed by atoms with Crippen LogP contribution in [0.2, 0.25) is 5.02 Å². The van der Waals surface area contributed by atoms with E-state index in [9.17, 15) is 5.11 Å². The molecular formula is C14H22ClN3O. The molecule has 1 saturated carbocycles. The Morgan fingerprint density at radius 1 is 1.47 bits per heavy atom. The molecule has 0 aromatic carbocycles. The largest absolute Gasteiger partial charge is 0.388 e. The highest BCUT2D eigenvalue weighted by molar-refractivity contribution is 6.31. The van der Waals surface area contributed by atoms with E-state index in [1.807, 2.05) is 11.6 Å². The van der Waals surface area contributed by atoms with E-state index in [1.54, 1.807) is 0 Å². The number of β-amino-alcohol motifs (C(OH)–C–C–N with tert-alkyl or cyclic N) is 1. The number of nitrogens with zero attached hydrogens (tertiary/aromatic N) is 3. The molecular weight excluding hydrogens is 262 g/mol. The van der Waals surface area contributed by atoms with Crippen LogP contribution in [0.15, 0.2) is 0 Å². The Balaban J connectivity index is 1.77. The molecule has 3 rings (SSSR count). The third kappa shape index (κ3) is 2.54. The van der Waals surface area contributed by atoms with Crippen LogP contribution in [0.1, 0.15) is 37.6 Å². The first-order chi connectivity index (χ1) is 9.02. The van der Waals surface area contributed by atoms with Crippen LogP contribution < -0.4 is 0 Å². The number of hydrogen-bond acceptors (Lipinski definition) is 3. The van der Waals surface area contributed by atoms with Gasteiger partial charge in [0, 0.05) is 32.1 Å². The van der Waals surface area contributed by atoms with Crippen LogP contribution in [0, 0.1) is 6.92 Å². The summed E-state index contributed by atoms with van der Waals surface area (Å²) in [6.07, 6.45) is 4.04. The number of likely N-dealkylation sites (tertiary alicyclic amines) is 1. The lowest BCUT2D eigenvalue weighted by molar-refractivity contribution is 0.0467. The maximum absolute atomic E-state index is 10.8. The van der Waals surface area contributed by atoms with Crippen LogP contribution in [-0.4, -0.2) is 44.5 Å². The Hall–Kier alpha value is -0.580. The molecule has 4 nitrogen and oxygen atoms in total. The van der Waals surface area contributed by atoms with E-state index < -0.39 is 5.60 Å². The van der Waals surface area contributed by atoms with Gasteiger partial charge in [0.25, 0.3) is 0 Å². The zero-order chi connectivity index (χ0) is 13.6. The SMILES string of the molecule is CCn1nc(C)c(Cl)c1CC1(O)CCN(C2CC2)C1. The van der Waals surface area contributed by atoms with E-state index in [0.717, 1.165) is 48.5 Å². The fraction of sp³-hybridized carbons (Fsp3) is 0.786. The minimum absolute atomic E-state index is 0.615. The average Bonchev–Trinajstić information content (AvgIpc) is 3.11. The molecule has 1 aromatic rings. The molecule has 0 spiro atoms. The highest BCUT2D eigenvalue weighted by Crippen LogP contribution is 2.36.